The SMILES string of the molecule is CCCOc1ccc(CCC(=O)Nc2ccc(N)nc2)cc1. The van der Waals surface area contributed by atoms with Crippen LogP contribution in [-0.4, -0.2) is 17.5 Å². The number of aryl methyl sites for hydroxylation is 1. The zero-order chi connectivity index (χ0) is 15.8. The molecule has 0 atom stereocenters. The fraction of sp³-hybridized carbons (Fsp3) is 0.294. The van der Waals surface area contributed by atoms with Crippen molar-refractivity contribution in [3.05, 3.63) is 48.2 Å². The van der Waals surface area contributed by atoms with Crippen LogP contribution in [-0.2, 0) is 11.2 Å². The molecule has 0 aliphatic carbocycles. The largest absolute Gasteiger partial charge is 0.494 e. The van der Waals surface area contributed by atoms with Gasteiger partial charge in [-0.25, -0.2) is 4.98 Å². The molecule has 0 saturated heterocycles. The minimum atomic E-state index is -0.0436. The molecule has 0 fully saturated rings. The Hall–Kier alpha value is -2.56. The molecule has 1 amide bonds. The molecule has 2 aromatic rings. The van der Waals surface area contributed by atoms with Crippen LogP contribution in [0.2, 0.25) is 0 Å². The van der Waals surface area contributed by atoms with E-state index >= 15 is 0 Å². The van der Waals surface area contributed by atoms with Gasteiger partial charge in [0.15, 0.2) is 0 Å². The van der Waals surface area contributed by atoms with E-state index in [2.05, 4.69) is 17.2 Å². The summed E-state index contributed by atoms with van der Waals surface area (Å²) in [4.78, 5) is 15.8. The third-order valence-corrected chi connectivity index (χ3v) is 3.11. The summed E-state index contributed by atoms with van der Waals surface area (Å²) in [6, 6.07) is 11.2. The number of anilines is 2. The number of amides is 1. The fourth-order valence-corrected chi connectivity index (χ4v) is 1.93. The summed E-state index contributed by atoms with van der Waals surface area (Å²) in [5, 5.41) is 2.80. The third kappa shape index (κ3) is 5.09. The lowest BCUT2D eigenvalue weighted by Crippen LogP contribution is -2.12. The first-order valence-electron chi connectivity index (χ1n) is 7.40. The highest BCUT2D eigenvalue weighted by Crippen LogP contribution is 2.14. The van der Waals surface area contributed by atoms with Crippen molar-refractivity contribution in [2.75, 3.05) is 17.7 Å². The maximum absolute atomic E-state index is 11.9. The molecule has 5 nitrogen and oxygen atoms in total. The Morgan fingerprint density at radius 2 is 2.00 bits per heavy atom. The quantitative estimate of drug-likeness (QED) is 0.824. The second kappa shape index (κ2) is 8.02. The summed E-state index contributed by atoms with van der Waals surface area (Å²) < 4.78 is 5.53. The van der Waals surface area contributed by atoms with E-state index in [9.17, 15) is 4.79 Å². The minimum absolute atomic E-state index is 0.0436. The van der Waals surface area contributed by atoms with Crippen molar-refractivity contribution in [1.29, 1.82) is 0 Å². The Bertz CT molecular complexity index is 594. The summed E-state index contributed by atoms with van der Waals surface area (Å²) in [5.74, 6) is 1.25. The first-order chi connectivity index (χ1) is 10.7. The second-order valence-electron chi connectivity index (χ2n) is 5.01. The molecule has 22 heavy (non-hydrogen) atoms. The predicted octanol–water partition coefficient (Wildman–Crippen LogP) is 3.02. The topological polar surface area (TPSA) is 77.2 Å². The molecule has 5 heteroatoms. The van der Waals surface area contributed by atoms with E-state index in [0.29, 0.717) is 24.3 Å². The summed E-state index contributed by atoms with van der Waals surface area (Å²) in [6.07, 6.45) is 3.64. The molecule has 1 heterocycles. The van der Waals surface area contributed by atoms with Crippen molar-refractivity contribution in [3.63, 3.8) is 0 Å². The number of aromatic nitrogens is 1. The van der Waals surface area contributed by atoms with Gasteiger partial charge < -0.3 is 15.8 Å². The molecule has 0 aliphatic rings. The molecule has 116 valence electrons. The molecule has 1 aromatic heterocycles. The van der Waals surface area contributed by atoms with Gasteiger partial charge >= 0.3 is 0 Å². The molecule has 0 unspecified atom stereocenters. The van der Waals surface area contributed by atoms with Crippen molar-refractivity contribution in [2.24, 2.45) is 0 Å². The van der Waals surface area contributed by atoms with Gasteiger partial charge in [0, 0.05) is 6.42 Å². The molecule has 0 saturated carbocycles. The number of nitrogen functional groups attached to an aromatic ring is 1. The van der Waals surface area contributed by atoms with Gasteiger partial charge in [-0.15, -0.1) is 0 Å². The molecule has 1 aromatic carbocycles. The smallest absolute Gasteiger partial charge is 0.224 e. The van der Waals surface area contributed by atoms with Crippen molar-refractivity contribution >= 4 is 17.4 Å². The number of hydrogen-bond acceptors (Lipinski definition) is 4. The van der Waals surface area contributed by atoms with Gasteiger partial charge in [0.05, 0.1) is 18.5 Å². The molecular formula is C17H21N3O2. The number of benzene rings is 1. The van der Waals surface area contributed by atoms with Gasteiger partial charge in [0.2, 0.25) is 5.91 Å². The number of nitrogens with one attached hydrogen (secondary N) is 1. The molecule has 0 radical (unpaired) electrons. The lowest BCUT2D eigenvalue weighted by molar-refractivity contribution is -0.116. The Balaban J connectivity index is 1.79. The maximum atomic E-state index is 11.9. The van der Waals surface area contributed by atoms with E-state index < -0.39 is 0 Å². The van der Waals surface area contributed by atoms with Crippen LogP contribution in [0.3, 0.4) is 0 Å². The summed E-state index contributed by atoms with van der Waals surface area (Å²) >= 11 is 0. The van der Waals surface area contributed by atoms with E-state index in [1.807, 2.05) is 24.3 Å². The highest BCUT2D eigenvalue weighted by atomic mass is 16.5. The van der Waals surface area contributed by atoms with Crippen LogP contribution in [0.25, 0.3) is 0 Å². The van der Waals surface area contributed by atoms with Gasteiger partial charge in [0.1, 0.15) is 11.6 Å². The first-order valence-corrected chi connectivity index (χ1v) is 7.40. The average Bonchev–Trinajstić information content (AvgIpc) is 2.54. The number of carbonyl (C=O) groups excluding carboxylic acids is 1. The Morgan fingerprint density at radius 3 is 2.64 bits per heavy atom. The second-order valence-corrected chi connectivity index (χ2v) is 5.01. The first kappa shape index (κ1) is 15.8. The molecule has 0 spiro atoms. The molecular weight excluding hydrogens is 278 g/mol. The van der Waals surface area contributed by atoms with Crippen molar-refractivity contribution in [1.82, 2.24) is 4.98 Å². The van der Waals surface area contributed by atoms with Crippen molar-refractivity contribution in [2.45, 2.75) is 26.2 Å². The summed E-state index contributed by atoms with van der Waals surface area (Å²) in [7, 11) is 0. The number of rotatable bonds is 7. The van der Waals surface area contributed by atoms with Crippen LogP contribution in [0.1, 0.15) is 25.3 Å². The fourth-order valence-electron chi connectivity index (χ4n) is 1.93. The molecule has 0 aliphatic heterocycles. The lowest BCUT2D eigenvalue weighted by atomic mass is 10.1. The number of nitrogens with zero attached hydrogens (tertiary/aromatic N) is 1. The molecule has 2 rings (SSSR count). The van der Waals surface area contributed by atoms with Crippen LogP contribution >= 0.6 is 0 Å². The Labute approximate surface area is 130 Å². The summed E-state index contributed by atoms with van der Waals surface area (Å²) in [6.45, 7) is 2.79. The van der Waals surface area contributed by atoms with E-state index in [1.54, 1.807) is 18.3 Å². The van der Waals surface area contributed by atoms with Crippen LogP contribution < -0.4 is 15.8 Å². The summed E-state index contributed by atoms with van der Waals surface area (Å²) in [5.41, 5.74) is 7.26. The van der Waals surface area contributed by atoms with Crippen molar-refractivity contribution < 1.29 is 9.53 Å². The highest BCUT2D eigenvalue weighted by molar-refractivity contribution is 5.90. The third-order valence-electron chi connectivity index (χ3n) is 3.11. The zero-order valence-corrected chi connectivity index (χ0v) is 12.7. The predicted molar refractivity (Wildman–Crippen MR) is 87.8 cm³/mol. The number of pyridine rings is 1. The van der Waals surface area contributed by atoms with Gasteiger partial charge in [-0.05, 0) is 42.7 Å². The van der Waals surface area contributed by atoms with Gasteiger partial charge in [-0.3, -0.25) is 4.79 Å². The number of nitrogens with two attached hydrogens (primary N) is 1. The van der Waals surface area contributed by atoms with Crippen LogP contribution in [0.15, 0.2) is 42.6 Å². The normalized spacial score (nSPS) is 10.2. The maximum Gasteiger partial charge on any atom is 0.224 e. The van der Waals surface area contributed by atoms with Gasteiger partial charge in [-0.2, -0.15) is 0 Å². The number of carbonyl (C=O) groups is 1. The minimum Gasteiger partial charge on any atom is -0.494 e. The monoisotopic (exact) mass is 299 g/mol. The van der Waals surface area contributed by atoms with Crippen molar-refractivity contribution in [3.8, 4) is 5.75 Å². The zero-order valence-electron chi connectivity index (χ0n) is 12.7. The number of ether oxygens (including phenoxy) is 1. The van der Waals surface area contributed by atoms with Gasteiger partial charge in [0.25, 0.3) is 0 Å². The van der Waals surface area contributed by atoms with E-state index in [1.165, 1.54) is 0 Å². The van der Waals surface area contributed by atoms with E-state index in [0.717, 1.165) is 24.3 Å². The molecule has 3 N–H and O–H groups in total. The van der Waals surface area contributed by atoms with E-state index in [4.69, 9.17) is 10.5 Å². The van der Waals surface area contributed by atoms with Crippen LogP contribution in [0, 0.1) is 0 Å². The lowest BCUT2D eigenvalue weighted by Gasteiger charge is -2.07. The standard InChI is InChI=1S/C17H21N3O2/c1-2-11-22-15-7-3-13(4-8-15)5-10-17(21)20-14-6-9-16(18)19-12-14/h3-4,6-9,12H,2,5,10-11H2,1H3,(H2,18,19)(H,20,21). The van der Waals surface area contributed by atoms with E-state index in [-0.39, 0.29) is 5.91 Å². The van der Waals surface area contributed by atoms with Crippen LogP contribution in [0.5, 0.6) is 5.75 Å². The Morgan fingerprint density at radius 1 is 1.23 bits per heavy atom. The van der Waals surface area contributed by atoms with Gasteiger partial charge in [-0.1, -0.05) is 19.1 Å². The number of hydrogen-bond donors (Lipinski definition) is 2. The molecule has 0 bridgehead atoms. The highest BCUT2D eigenvalue weighted by Gasteiger charge is 2.04. The van der Waals surface area contributed by atoms with Crippen LogP contribution in [0.4, 0.5) is 11.5 Å². The average molecular weight is 299 g/mol. The Kier molecular flexibility index (Phi) is 5.77.